The maximum absolute atomic E-state index is 10.6. The largest absolute Gasteiger partial charge is 1.00 e. The van der Waals surface area contributed by atoms with E-state index in [9.17, 15) is 10.1 Å². The van der Waals surface area contributed by atoms with Gasteiger partial charge in [0.05, 0.1) is 4.92 Å². The Kier molecular flexibility index (Phi) is 4.59. The fraction of sp³-hybridized carbons (Fsp3) is 0.0667. The van der Waals surface area contributed by atoms with Crippen molar-refractivity contribution >= 4 is 16.5 Å². The van der Waals surface area contributed by atoms with Gasteiger partial charge in [0.15, 0.2) is 6.54 Å². The lowest BCUT2D eigenvalue weighted by Gasteiger charge is -1.98. The van der Waals surface area contributed by atoms with E-state index in [2.05, 4.69) is 5.10 Å². The highest BCUT2D eigenvalue weighted by Gasteiger charge is 2.09. The first-order valence-electron chi connectivity index (χ1n) is 6.20. The minimum absolute atomic E-state index is 0. The lowest BCUT2D eigenvalue weighted by atomic mass is 10.2. The second-order valence-electron chi connectivity index (χ2n) is 4.52. The van der Waals surface area contributed by atoms with E-state index in [1.165, 1.54) is 12.1 Å². The average Bonchev–Trinajstić information content (AvgIpc) is 2.48. The molecule has 0 saturated carbocycles. The van der Waals surface area contributed by atoms with E-state index >= 15 is 0 Å². The number of nitro groups is 1. The molecule has 1 heterocycles. The normalized spacial score (nSPS) is 10.1. The molecule has 0 radical (unpaired) electrons. The minimum Gasteiger partial charge on any atom is -1.00 e. The third kappa shape index (κ3) is 3.41. The van der Waals surface area contributed by atoms with Gasteiger partial charge in [-0.1, -0.05) is 22.9 Å². The van der Waals surface area contributed by atoms with Gasteiger partial charge < -0.3 is 17.0 Å². The van der Waals surface area contributed by atoms with Crippen molar-refractivity contribution < 1.29 is 26.6 Å². The molecule has 0 fully saturated rings. The summed E-state index contributed by atoms with van der Waals surface area (Å²) >= 11 is 0. The molecule has 1 aromatic heterocycles. The van der Waals surface area contributed by atoms with Crippen molar-refractivity contribution in [1.82, 2.24) is 5.10 Å². The second kappa shape index (κ2) is 6.41. The molecule has 0 N–H and O–H groups in total. The number of hydrogen-bond acceptors (Lipinski definition) is 3. The summed E-state index contributed by atoms with van der Waals surface area (Å²) in [5.74, 6) is 0. The van der Waals surface area contributed by atoms with Crippen molar-refractivity contribution in [2.75, 3.05) is 0 Å². The van der Waals surface area contributed by atoms with Gasteiger partial charge in [0.1, 0.15) is 6.20 Å². The van der Waals surface area contributed by atoms with Crippen molar-refractivity contribution in [3.63, 3.8) is 0 Å². The highest BCUT2D eigenvalue weighted by Crippen LogP contribution is 2.12. The van der Waals surface area contributed by atoms with Crippen LogP contribution in [0.5, 0.6) is 0 Å². The smallest absolute Gasteiger partial charge is 0.269 e. The van der Waals surface area contributed by atoms with Crippen LogP contribution in [-0.2, 0) is 6.54 Å². The first-order valence-corrected chi connectivity index (χ1v) is 6.20. The lowest BCUT2D eigenvalue weighted by Crippen LogP contribution is -3.00. The molecule has 3 rings (SSSR count). The molecule has 0 amide bonds. The third-order valence-electron chi connectivity index (χ3n) is 3.12. The van der Waals surface area contributed by atoms with Crippen LogP contribution in [-0.4, -0.2) is 10.0 Å². The van der Waals surface area contributed by atoms with Gasteiger partial charge in [0.25, 0.3) is 5.69 Å². The van der Waals surface area contributed by atoms with Crippen molar-refractivity contribution in [3.8, 4) is 0 Å². The molecular formula is C15H12BrN3O2. The fourth-order valence-corrected chi connectivity index (χ4v) is 2.07. The van der Waals surface area contributed by atoms with Gasteiger partial charge in [-0.05, 0) is 23.3 Å². The number of aromatic nitrogens is 2. The summed E-state index contributed by atoms with van der Waals surface area (Å²) in [6, 6.07) is 14.5. The molecule has 0 saturated heterocycles. The number of nitrogens with zero attached hydrogens (tertiary/aromatic N) is 3. The molecule has 5 nitrogen and oxygen atoms in total. The summed E-state index contributed by atoms with van der Waals surface area (Å²) in [6.07, 6.45) is 3.79. The van der Waals surface area contributed by atoms with Gasteiger partial charge in [0.2, 0.25) is 6.20 Å². The number of hydrogen-bond donors (Lipinski definition) is 0. The summed E-state index contributed by atoms with van der Waals surface area (Å²) in [4.78, 5) is 10.2. The van der Waals surface area contributed by atoms with Crippen LogP contribution in [0.4, 0.5) is 5.69 Å². The van der Waals surface area contributed by atoms with Gasteiger partial charge in [-0.3, -0.25) is 10.1 Å². The van der Waals surface area contributed by atoms with Gasteiger partial charge in [-0.25, -0.2) is 0 Å². The summed E-state index contributed by atoms with van der Waals surface area (Å²) in [5.41, 5.74) is 1.08. The molecule has 0 spiro atoms. The lowest BCUT2D eigenvalue weighted by molar-refractivity contribution is -0.744. The van der Waals surface area contributed by atoms with Crippen LogP contribution in [0.15, 0.2) is 60.9 Å². The van der Waals surface area contributed by atoms with E-state index in [4.69, 9.17) is 0 Å². The van der Waals surface area contributed by atoms with Gasteiger partial charge in [-0.15, -0.1) is 0 Å². The predicted octanol–water partition coefficient (Wildman–Crippen LogP) is -0.517. The molecule has 0 bridgehead atoms. The number of benzene rings is 2. The van der Waals surface area contributed by atoms with E-state index in [0.717, 1.165) is 16.3 Å². The zero-order valence-electron chi connectivity index (χ0n) is 11.0. The minimum atomic E-state index is -0.398. The van der Waals surface area contributed by atoms with E-state index < -0.39 is 4.92 Å². The van der Waals surface area contributed by atoms with Crippen molar-refractivity contribution in [2.24, 2.45) is 0 Å². The van der Waals surface area contributed by atoms with Gasteiger partial charge >= 0.3 is 0 Å². The predicted molar refractivity (Wildman–Crippen MR) is 74.1 cm³/mol. The summed E-state index contributed by atoms with van der Waals surface area (Å²) in [6.45, 7) is 0.586. The van der Waals surface area contributed by atoms with Crippen LogP contribution < -0.4 is 21.7 Å². The molecule has 0 atom stereocenters. The topological polar surface area (TPSA) is 59.9 Å². The number of rotatable bonds is 3. The first-order chi connectivity index (χ1) is 9.72. The van der Waals surface area contributed by atoms with Crippen molar-refractivity contribution in [1.29, 1.82) is 0 Å². The van der Waals surface area contributed by atoms with E-state index in [0.29, 0.717) is 6.54 Å². The van der Waals surface area contributed by atoms with E-state index in [1.54, 1.807) is 12.1 Å². The SMILES string of the molecule is O=[N+]([O-])c1ccc(C[n+]2cc3ccccc3cn2)cc1.[Br-]. The Bertz CT molecular complexity index is 775. The van der Waals surface area contributed by atoms with E-state index in [1.807, 2.05) is 41.3 Å². The van der Waals surface area contributed by atoms with Gasteiger partial charge in [-0.2, -0.15) is 0 Å². The quantitative estimate of drug-likeness (QED) is 0.364. The first kappa shape index (κ1) is 15.1. The Balaban J connectivity index is 0.00000161. The molecular weight excluding hydrogens is 334 g/mol. The van der Waals surface area contributed by atoms with Crippen molar-refractivity contribution in [2.45, 2.75) is 6.54 Å². The molecule has 0 aliphatic rings. The van der Waals surface area contributed by atoms with Crippen LogP contribution in [0.3, 0.4) is 0 Å². The maximum atomic E-state index is 10.6. The molecule has 2 aromatic carbocycles. The summed E-state index contributed by atoms with van der Waals surface area (Å²) in [5, 5.41) is 17.2. The molecule has 6 heteroatoms. The Morgan fingerprint density at radius 1 is 1.05 bits per heavy atom. The highest BCUT2D eigenvalue weighted by molar-refractivity contribution is 5.79. The Morgan fingerprint density at radius 3 is 2.38 bits per heavy atom. The Hall–Kier alpha value is -2.34. The molecule has 0 aliphatic heterocycles. The monoisotopic (exact) mass is 345 g/mol. The number of halogens is 1. The van der Waals surface area contributed by atoms with Crippen LogP contribution in [0, 0.1) is 10.1 Å². The summed E-state index contributed by atoms with van der Waals surface area (Å²) < 4.78 is 1.82. The van der Waals surface area contributed by atoms with Gasteiger partial charge in [0, 0.05) is 28.5 Å². The Labute approximate surface area is 131 Å². The van der Waals surface area contributed by atoms with Crippen LogP contribution in [0.1, 0.15) is 5.56 Å². The zero-order chi connectivity index (χ0) is 13.9. The zero-order valence-corrected chi connectivity index (χ0v) is 12.6. The highest BCUT2D eigenvalue weighted by atomic mass is 79.9. The van der Waals surface area contributed by atoms with E-state index in [-0.39, 0.29) is 22.7 Å². The molecule has 106 valence electrons. The number of non-ortho nitro benzene ring substituents is 1. The van der Waals surface area contributed by atoms with Crippen molar-refractivity contribution in [3.05, 3.63) is 76.6 Å². The second-order valence-corrected chi connectivity index (χ2v) is 4.52. The molecule has 0 aliphatic carbocycles. The van der Waals surface area contributed by atoms with Crippen LogP contribution in [0.2, 0.25) is 0 Å². The molecule has 0 unspecified atom stereocenters. The van der Waals surface area contributed by atoms with Crippen LogP contribution in [0.25, 0.3) is 10.8 Å². The number of nitro benzene ring substituents is 1. The number of fused-ring (bicyclic) bond motifs is 1. The standard InChI is InChI=1S/C15H12N3O2.BrH/c19-18(20)15-7-5-12(6-8-15)10-17-11-14-4-2-1-3-13(14)9-16-17;/h1-9,11H,10H2;1H/q+1;/p-1. The Morgan fingerprint density at radius 2 is 1.71 bits per heavy atom. The fourth-order valence-electron chi connectivity index (χ4n) is 2.07. The maximum Gasteiger partial charge on any atom is 0.269 e. The van der Waals surface area contributed by atoms with Crippen LogP contribution >= 0.6 is 0 Å². The molecule has 21 heavy (non-hydrogen) atoms. The third-order valence-corrected chi connectivity index (χ3v) is 3.12. The summed E-state index contributed by atoms with van der Waals surface area (Å²) in [7, 11) is 0. The molecule has 3 aromatic rings. The average molecular weight is 346 g/mol.